The Hall–Kier alpha value is -1.86. The van der Waals surface area contributed by atoms with Crippen LogP contribution in [0.1, 0.15) is 20.3 Å². The molecule has 0 spiro atoms. The molecule has 0 aliphatic rings. The van der Waals surface area contributed by atoms with E-state index in [0.29, 0.717) is 29.9 Å². The molecule has 7 heteroatoms. The minimum Gasteiger partial charge on any atom is -0.379 e. The lowest BCUT2D eigenvalue weighted by Crippen LogP contribution is -2.27. The van der Waals surface area contributed by atoms with Crippen LogP contribution in [0.25, 0.3) is 11.4 Å². The summed E-state index contributed by atoms with van der Waals surface area (Å²) in [7, 11) is 0. The summed E-state index contributed by atoms with van der Waals surface area (Å²) in [5.74, 6) is 0.988. The Morgan fingerprint density at radius 2 is 2.13 bits per heavy atom. The van der Waals surface area contributed by atoms with Crippen molar-refractivity contribution in [1.82, 2.24) is 20.5 Å². The van der Waals surface area contributed by atoms with Crippen LogP contribution in [-0.2, 0) is 9.53 Å². The average Bonchev–Trinajstić information content (AvgIpc) is 3.02. The second kappa shape index (κ2) is 9.32. The van der Waals surface area contributed by atoms with Gasteiger partial charge >= 0.3 is 0 Å². The van der Waals surface area contributed by atoms with Crippen molar-refractivity contribution in [2.24, 2.45) is 0 Å². The van der Waals surface area contributed by atoms with E-state index in [2.05, 4.69) is 20.5 Å². The van der Waals surface area contributed by atoms with Crippen LogP contribution >= 0.6 is 11.8 Å². The van der Waals surface area contributed by atoms with Gasteiger partial charge in [0.15, 0.2) is 5.82 Å². The van der Waals surface area contributed by atoms with Crippen LogP contribution in [0.4, 0.5) is 0 Å². The smallest absolute Gasteiger partial charge is 0.230 e. The van der Waals surface area contributed by atoms with Gasteiger partial charge in [0.05, 0.1) is 11.9 Å². The van der Waals surface area contributed by atoms with E-state index in [-0.39, 0.29) is 12.0 Å². The lowest BCUT2D eigenvalue weighted by Gasteiger charge is -2.07. The van der Waals surface area contributed by atoms with E-state index >= 15 is 0 Å². The summed E-state index contributed by atoms with van der Waals surface area (Å²) in [6, 6.07) is 9.76. The highest BCUT2D eigenvalue weighted by Gasteiger charge is 2.08. The van der Waals surface area contributed by atoms with Crippen molar-refractivity contribution >= 4 is 17.7 Å². The van der Waals surface area contributed by atoms with Gasteiger partial charge in [0, 0.05) is 18.7 Å². The summed E-state index contributed by atoms with van der Waals surface area (Å²) < 4.78 is 5.42. The first kappa shape index (κ1) is 17.5. The third-order valence-electron chi connectivity index (χ3n) is 2.94. The molecule has 0 fully saturated rings. The molecule has 2 N–H and O–H groups in total. The lowest BCUT2D eigenvalue weighted by atomic mass is 10.2. The molecule has 2 aromatic rings. The molecular weight excluding hydrogens is 312 g/mol. The number of nitrogens with one attached hydrogen (secondary N) is 2. The average molecular weight is 334 g/mol. The molecule has 1 aromatic heterocycles. The Labute approximate surface area is 140 Å². The number of ether oxygens (including phenoxy) is 1. The van der Waals surface area contributed by atoms with Gasteiger partial charge in [0.2, 0.25) is 11.1 Å². The molecule has 0 atom stereocenters. The first-order valence-electron chi connectivity index (χ1n) is 7.64. The quantitative estimate of drug-likeness (QED) is 0.544. The number of hydrogen-bond donors (Lipinski definition) is 2. The van der Waals surface area contributed by atoms with Gasteiger partial charge in [-0.05, 0) is 20.3 Å². The second-order valence-electron chi connectivity index (χ2n) is 5.24. The van der Waals surface area contributed by atoms with Gasteiger partial charge in [-0.15, -0.1) is 5.10 Å². The normalized spacial score (nSPS) is 10.9. The molecule has 124 valence electrons. The number of H-pyrrole nitrogens is 1. The number of hydrogen-bond acceptors (Lipinski definition) is 5. The highest BCUT2D eigenvalue weighted by molar-refractivity contribution is 7.99. The van der Waals surface area contributed by atoms with E-state index in [1.807, 2.05) is 44.2 Å². The highest BCUT2D eigenvalue weighted by atomic mass is 32.2. The van der Waals surface area contributed by atoms with Crippen LogP contribution in [-0.4, -0.2) is 46.1 Å². The van der Waals surface area contributed by atoms with Crippen molar-refractivity contribution in [2.45, 2.75) is 31.5 Å². The molecule has 0 aliphatic carbocycles. The summed E-state index contributed by atoms with van der Waals surface area (Å²) in [5, 5.41) is 10.4. The number of carbonyl (C=O) groups excluding carboxylic acids is 1. The number of nitrogens with zero attached hydrogens (tertiary/aromatic N) is 2. The Morgan fingerprint density at radius 3 is 2.87 bits per heavy atom. The summed E-state index contributed by atoms with van der Waals surface area (Å²) in [6.07, 6.45) is 1.04. The fourth-order valence-corrected chi connectivity index (χ4v) is 2.46. The van der Waals surface area contributed by atoms with Gasteiger partial charge in [-0.1, -0.05) is 42.1 Å². The molecule has 1 heterocycles. The van der Waals surface area contributed by atoms with Crippen molar-refractivity contribution in [3.05, 3.63) is 30.3 Å². The molecule has 2 rings (SSSR count). The molecule has 0 bridgehead atoms. The maximum absolute atomic E-state index is 11.8. The topological polar surface area (TPSA) is 79.9 Å². The summed E-state index contributed by atoms with van der Waals surface area (Å²) in [5.41, 5.74) is 0.974. The van der Waals surface area contributed by atoms with Crippen LogP contribution < -0.4 is 5.32 Å². The number of aromatic amines is 1. The van der Waals surface area contributed by atoms with Crippen molar-refractivity contribution in [3.8, 4) is 11.4 Å². The van der Waals surface area contributed by atoms with Gasteiger partial charge < -0.3 is 10.1 Å². The molecule has 1 amide bonds. The first-order valence-corrected chi connectivity index (χ1v) is 8.62. The number of amides is 1. The number of thioether (sulfide) groups is 1. The first-order chi connectivity index (χ1) is 11.1. The maximum Gasteiger partial charge on any atom is 0.230 e. The molecule has 0 radical (unpaired) electrons. The molecule has 0 saturated carbocycles. The van der Waals surface area contributed by atoms with Crippen LogP contribution in [0, 0.1) is 0 Å². The van der Waals surface area contributed by atoms with Crippen LogP contribution in [0.15, 0.2) is 35.5 Å². The molecular formula is C16H22N4O2S. The summed E-state index contributed by atoms with van der Waals surface area (Å²) in [6.45, 7) is 5.27. The van der Waals surface area contributed by atoms with E-state index in [9.17, 15) is 4.79 Å². The van der Waals surface area contributed by atoms with Gasteiger partial charge in [-0.2, -0.15) is 0 Å². The van der Waals surface area contributed by atoms with E-state index < -0.39 is 0 Å². The Bertz CT molecular complexity index is 601. The fraction of sp³-hybridized carbons (Fsp3) is 0.438. The van der Waals surface area contributed by atoms with Crippen molar-refractivity contribution in [1.29, 1.82) is 0 Å². The predicted octanol–water partition coefficient (Wildman–Crippen LogP) is 2.50. The highest BCUT2D eigenvalue weighted by Crippen LogP contribution is 2.18. The van der Waals surface area contributed by atoms with E-state index in [1.54, 1.807) is 0 Å². The monoisotopic (exact) mass is 334 g/mol. The second-order valence-corrected chi connectivity index (χ2v) is 6.19. The predicted molar refractivity (Wildman–Crippen MR) is 91.3 cm³/mol. The number of aromatic nitrogens is 3. The Kier molecular flexibility index (Phi) is 7.09. The lowest BCUT2D eigenvalue weighted by molar-refractivity contribution is -0.118. The van der Waals surface area contributed by atoms with E-state index in [4.69, 9.17) is 4.74 Å². The minimum absolute atomic E-state index is 0.0226. The van der Waals surface area contributed by atoms with Crippen molar-refractivity contribution in [2.75, 3.05) is 18.9 Å². The molecule has 0 saturated heterocycles. The molecule has 23 heavy (non-hydrogen) atoms. The van der Waals surface area contributed by atoms with Gasteiger partial charge in [-0.25, -0.2) is 4.98 Å². The molecule has 0 aliphatic heterocycles. The molecule has 1 aromatic carbocycles. The van der Waals surface area contributed by atoms with Crippen LogP contribution in [0.3, 0.4) is 0 Å². The third-order valence-corrected chi connectivity index (χ3v) is 3.79. The Morgan fingerprint density at radius 1 is 1.35 bits per heavy atom. The zero-order chi connectivity index (χ0) is 16.5. The zero-order valence-electron chi connectivity index (χ0n) is 13.4. The fourth-order valence-electron chi connectivity index (χ4n) is 1.84. The minimum atomic E-state index is -0.0226. The number of benzene rings is 1. The summed E-state index contributed by atoms with van der Waals surface area (Å²) >= 11 is 1.32. The van der Waals surface area contributed by atoms with Gasteiger partial charge in [-0.3, -0.25) is 9.89 Å². The number of rotatable bonds is 9. The van der Waals surface area contributed by atoms with E-state index in [1.165, 1.54) is 11.8 Å². The third kappa shape index (κ3) is 6.42. The summed E-state index contributed by atoms with van der Waals surface area (Å²) in [4.78, 5) is 16.1. The van der Waals surface area contributed by atoms with Crippen LogP contribution in [0.5, 0.6) is 0 Å². The maximum atomic E-state index is 11.8. The molecule has 6 nitrogen and oxygen atoms in total. The zero-order valence-corrected chi connectivity index (χ0v) is 14.2. The van der Waals surface area contributed by atoms with Gasteiger partial charge in [0.25, 0.3) is 0 Å². The largest absolute Gasteiger partial charge is 0.379 e. The molecule has 0 unspecified atom stereocenters. The van der Waals surface area contributed by atoms with E-state index in [0.717, 1.165) is 12.0 Å². The van der Waals surface area contributed by atoms with Crippen molar-refractivity contribution < 1.29 is 9.53 Å². The SMILES string of the molecule is CC(C)OCCCNC(=O)CSc1n[nH]c(-c2ccccc2)n1. The Balaban J connectivity index is 1.68. The number of carbonyl (C=O) groups is 1. The van der Waals surface area contributed by atoms with Crippen molar-refractivity contribution in [3.63, 3.8) is 0 Å². The van der Waals surface area contributed by atoms with Crippen LogP contribution in [0.2, 0.25) is 0 Å². The standard InChI is InChI=1S/C16H22N4O2S/c1-12(2)22-10-6-9-17-14(21)11-23-16-18-15(19-20-16)13-7-4-3-5-8-13/h3-5,7-8,12H,6,9-11H2,1-2H3,(H,17,21)(H,18,19,20). The van der Waals surface area contributed by atoms with Gasteiger partial charge in [0.1, 0.15) is 0 Å².